The molecular weight excluding hydrogens is 268 g/mol. The van der Waals surface area contributed by atoms with E-state index in [-0.39, 0.29) is 11.4 Å². The van der Waals surface area contributed by atoms with Crippen LogP contribution in [0.4, 0.5) is 0 Å². The fourth-order valence-electron chi connectivity index (χ4n) is 2.15. The second-order valence-corrected chi connectivity index (χ2v) is 4.95. The first-order valence-electron chi connectivity index (χ1n) is 7.00. The number of hydrogen-bond donors (Lipinski definition) is 2. The lowest BCUT2D eigenvalue weighted by Crippen LogP contribution is -2.52. The summed E-state index contributed by atoms with van der Waals surface area (Å²) in [4.78, 5) is 12.4. The Morgan fingerprint density at radius 3 is 2.71 bits per heavy atom. The Hall–Kier alpha value is -2.28. The third-order valence-electron chi connectivity index (χ3n) is 3.84. The van der Waals surface area contributed by atoms with Crippen LogP contribution in [-0.2, 0) is 0 Å². The van der Waals surface area contributed by atoms with E-state index in [0.717, 1.165) is 18.5 Å². The Morgan fingerprint density at radius 2 is 2.14 bits per heavy atom. The van der Waals surface area contributed by atoms with Crippen molar-refractivity contribution in [2.75, 3.05) is 6.54 Å². The van der Waals surface area contributed by atoms with Crippen LogP contribution < -0.4 is 11.1 Å². The van der Waals surface area contributed by atoms with Gasteiger partial charge in [0, 0.05) is 12.1 Å². The number of hydrogen-bond acceptors (Lipinski definition) is 5. The van der Waals surface area contributed by atoms with Crippen LogP contribution in [0.1, 0.15) is 37.0 Å². The van der Waals surface area contributed by atoms with Crippen LogP contribution >= 0.6 is 0 Å². The van der Waals surface area contributed by atoms with Gasteiger partial charge in [-0.3, -0.25) is 4.79 Å². The standard InChI is InChI=1S/C14H20N6O/c1-3-14(4-2,9-15)17-13(21)11-6-5-7-12(8-11)20-10-16-18-19-20/h5-8,10H,3-4,9,15H2,1-2H3,(H,17,21). The van der Waals surface area contributed by atoms with E-state index in [9.17, 15) is 4.79 Å². The summed E-state index contributed by atoms with van der Waals surface area (Å²) in [5.74, 6) is -0.140. The lowest BCUT2D eigenvalue weighted by atomic mass is 9.92. The molecule has 1 heterocycles. The lowest BCUT2D eigenvalue weighted by molar-refractivity contribution is 0.0895. The molecule has 0 unspecified atom stereocenters. The molecular formula is C14H20N6O. The predicted octanol–water partition coefficient (Wildman–Crippen LogP) is 0.910. The van der Waals surface area contributed by atoms with Gasteiger partial charge in [0.1, 0.15) is 6.33 Å². The highest BCUT2D eigenvalue weighted by Crippen LogP contribution is 2.15. The molecule has 1 aromatic heterocycles. The molecule has 1 aromatic carbocycles. The monoisotopic (exact) mass is 288 g/mol. The first kappa shape index (κ1) is 15.1. The van der Waals surface area contributed by atoms with Gasteiger partial charge in [0.25, 0.3) is 5.91 Å². The van der Waals surface area contributed by atoms with E-state index < -0.39 is 0 Å². The molecule has 0 fully saturated rings. The van der Waals surface area contributed by atoms with Crippen molar-refractivity contribution < 1.29 is 4.79 Å². The summed E-state index contributed by atoms with van der Waals surface area (Å²) in [6.45, 7) is 4.46. The molecule has 112 valence electrons. The highest BCUT2D eigenvalue weighted by Gasteiger charge is 2.26. The van der Waals surface area contributed by atoms with E-state index in [2.05, 4.69) is 20.8 Å². The molecule has 0 spiro atoms. The molecule has 0 saturated carbocycles. The smallest absolute Gasteiger partial charge is 0.251 e. The maximum atomic E-state index is 12.4. The Bertz CT molecular complexity index is 583. The number of nitrogens with zero attached hydrogens (tertiary/aromatic N) is 4. The molecule has 7 nitrogen and oxygen atoms in total. The van der Waals surface area contributed by atoms with Crippen molar-refractivity contribution in [3.05, 3.63) is 36.2 Å². The van der Waals surface area contributed by atoms with Crippen LogP contribution in [-0.4, -0.2) is 38.2 Å². The molecule has 0 radical (unpaired) electrons. The molecule has 0 atom stereocenters. The van der Waals surface area contributed by atoms with Crippen LogP contribution in [0, 0.1) is 0 Å². The maximum absolute atomic E-state index is 12.4. The SMILES string of the molecule is CCC(CC)(CN)NC(=O)c1cccc(-n2cnnn2)c1. The van der Waals surface area contributed by atoms with Gasteiger partial charge in [0.15, 0.2) is 0 Å². The predicted molar refractivity (Wildman–Crippen MR) is 79.0 cm³/mol. The van der Waals surface area contributed by atoms with Crippen LogP contribution in [0.2, 0.25) is 0 Å². The highest BCUT2D eigenvalue weighted by atomic mass is 16.1. The van der Waals surface area contributed by atoms with Gasteiger partial charge in [0.05, 0.1) is 11.2 Å². The molecule has 0 aliphatic carbocycles. The van der Waals surface area contributed by atoms with Crippen molar-refractivity contribution in [1.82, 2.24) is 25.5 Å². The number of nitrogens with one attached hydrogen (secondary N) is 1. The van der Waals surface area contributed by atoms with Gasteiger partial charge in [-0.05, 0) is 41.5 Å². The van der Waals surface area contributed by atoms with Gasteiger partial charge in [-0.25, -0.2) is 4.68 Å². The Labute approximate surface area is 123 Å². The molecule has 7 heteroatoms. The molecule has 1 amide bonds. The summed E-state index contributed by atoms with van der Waals surface area (Å²) in [6.07, 6.45) is 3.07. The van der Waals surface area contributed by atoms with Gasteiger partial charge in [-0.2, -0.15) is 0 Å². The lowest BCUT2D eigenvalue weighted by Gasteiger charge is -2.31. The van der Waals surface area contributed by atoms with Gasteiger partial charge < -0.3 is 11.1 Å². The zero-order valence-electron chi connectivity index (χ0n) is 12.3. The van der Waals surface area contributed by atoms with Gasteiger partial charge >= 0.3 is 0 Å². The third kappa shape index (κ3) is 3.25. The normalized spacial score (nSPS) is 11.4. The van der Waals surface area contributed by atoms with E-state index in [1.54, 1.807) is 18.2 Å². The van der Waals surface area contributed by atoms with Crippen LogP contribution in [0.5, 0.6) is 0 Å². The van der Waals surface area contributed by atoms with Gasteiger partial charge in [-0.1, -0.05) is 19.9 Å². The maximum Gasteiger partial charge on any atom is 0.251 e. The second kappa shape index (κ2) is 6.45. The minimum Gasteiger partial charge on any atom is -0.345 e. The van der Waals surface area contributed by atoms with Crippen molar-refractivity contribution in [2.24, 2.45) is 5.73 Å². The Morgan fingerprint density at radius 1 is 1.38 bits per heavy atom. The largest absolute Gasteiger partial charge is 0.345 e. The summed E-state index contributed by atoms with van der Waals surface area (Å²) < 4.78 is 1.51. The Kier molecular flexibility index (Phi) is 4.64. The summed E-state index contributed by atoms with van der Waals surface area (Å²) in [5, 5.41) is 14.0. The number of amides is 1. The summed E-state index contributed by atoms with van der Waals surface area (Å²) in [5.41, 5.74) is 6.75. The van der Waals surface area contributed by atoms with Crippen LogP contribution in [0.15, 0.2) is 30.6 Å². The molecule has 0 aliphatic heterocycles. The number of aromatic nitrogens is 4. The number of carbonyl (C=O) groups excluding carboxylic acids is 1. The van der Waals surface area contributed by atoms with Crippen molar-refractivity contribution in [3.63, 3.8) is 0 Å². The van der Waals surface area contributed by atoms with Crippen molar-refractivity contribution in [3.8, 4) is 5.69 Å². The van der Waals surface area contributed by atoms with E-state index >= 15 is 0 Å². The summed E-state index contributed by atoms with van der Waals surface area (Å²) in [7, 11) is 0. The molecule has 2 rings (SSSR count). The number of benzene rings is 1. The fraction of sp³-hybridized carbons (Fsp3) is 0.429. The van der Waals surface area contributed by atoms with Crippen molar-refractivity contribution in [1.29, 1.82) is 0 Å². The average Bonchev–Trinajstić information content (AvgIpc) is 3.07. The third-order valence-corrected chi connectivity index (χ3v) is 3.84. The zero-order chi connectivity index (χ0) is 15.3. The van der Waals surface area contributed by atoms with E-state index in [1.807, 2.05) is 19.9 Å². The molecule has 0 bridgehead atoms. The molecule has 0 aliphatic rings. The zero-order valence-corrected chi connectivity index (χ0v) is 12.3. The Balaban J connectivity index is 2.22. The number of nitrogens with two attached hydrogens (primary N) is 1. The topological polar surface area (TPSA) is 98.7 Å². The quantitative estimate of drug-likeness (QED) is 0.823. The highest BCUT2D eigenvalue weighted by molar-refractivity contribution is 5.95. The number of tetrazole rings is 1. The van der Waals surface area contributed by atoms with E-state index in [1.165, 1.54) is 11.0 Å². The first-order chi connectivity index (χ1) is 10.1. The van der Waals surface area contributed by atoms with E-state index in [4.69, 9.17) is 5.73 Å². The average molecular weight is 288 g/mol. The van der Waals surface area contributed by atoms with Crippen molar-refractivity contribution >= 4 is 5.91 Å². The van der Waals surface area contributed by atoms with Gasteiger partial charge in [-0.15, -0.1) is 5.10 Å². The summed E-state index contributed by atoms with van der Waals surface area (Å²) >= 11 is 0. The number of rotatable bonds is 6. The molecule has 0 saturated heterocycles. The molecule has 21 heavy (non-hydrogen) atoms. The molecule has 3 N–H and O–H groups in total. The van der Waals surface area contributed by atoms with Gasteiger partial charge in [0.2, 0.25) is 0 Å². The van der Waals surface area contributed by atoms with Crippen LogP contribution in [0.3, 0.4) is 0 Å². The summed E-state index contributed by atoms with van der Waals surface area (Å²) in [6, 6.07) is 7.14. The first-order valence-corrected chi connectivity index (χ1v) is 7.00. The van der Waals surface area contributed by atoms with E-state index in [0.29, 0.717) is 12.1 Å². The van der Waals surface area contributed by atoms with Crippen LogP contribution in [0.25, 0.3) is 5.69 Å². The molecule has 2 aromatic rings. The van der Waals surface area contributed by atoms with Crippen molar-refractivity contribution in [2.45, 2.75) is 32.2 Å². The minimum absolute atomic E-state index is 0.140. The fourth-order valence-corrected chi connectivity index (χ4v) is 2.15. The number of carbonyl (C=O) groups is 1. The second-order valence-electron chi connectivity index (χ2n) is 4.95. The minimum atomic E-state index is -0.359.